The third-order valence-corrected chi connectivity index (χ3v) is 3.75. The van der Waals surface area contributed by atoms with Gasteiger partial charge in [0.2, 0.25) is 0 Å². The summed E-state index contributed by atoms with van der Waals surface area (Å²) < 4.78 is 0. The molecule has 0 bridgehead atoms. The smallest absolute Gasteiger partial charge is 0.157 e. The predicted octanol–water partition coefficient (Wildman–Crippen LogP) is 3.12. The van der Waals surface area contributed by atoms with Crippen molar-refractivity contribution in [1.29, 1.82) is 0 Å². The SMILES string of the molecule is CC1=C(C)N2C(=NNC1C)C=Cc1ccccc12. The van der Waals surface area contributed by atoms with Crippen LogP contribution in [0.1, 0.15) is 26.3 Å². The number of allylic oxidation sites excluding steroid dienone is 1. The summed E-state index contributed by atoms with van der Waals surface area (Å²) in [6.07, 6.45) is 4.18. The highest BCUT2D eigenvalue weighted by molar-refractivity contribution is 6.13. The number of rotatable bonds is 0. The number of nitrogens with zero attached hydrogens (tertiary/aromatic N) is 2. The van der Waals surface area contributed by atoms with Crippen molar-refractivity contribution in [2.45, 2.75) is 26.8 Å². The molecular weight excluding hydrogens is 222 g/mol. The van der Waals surface area contributed by atoms with E-state index in [1.54, 1.807) is 0 Å². The predicted molar refractivity (Wildman–Crippen MR) is 76.4 cm³/mol. The third kappa shape index (κ3) is 1.55. The van der Waals surface area contributed by atoms with Crippen molar-refractivity contribution in [2.75, 3.05) is 4.90 Å². The maximum atomic E-state index is 4.49. The maximum Gasteiger partial charge on any atom is 0.157 e. The van der Waals surface area contributed by atoms with E-state index in [1.807, 2.05) is 0 Å². The monoisotopic (exact) mass is 239 g/mol. The van der Waals surface area contributed by atoms with Gasteiger partial charge in [0.25, 0.3) is 0 Å². The number of anilines is 1. The molecule has 0 radical (unpaired) electrons. The highest BCUT2D eigenvalue weighted by Gasteiger charge is 2.24. The number of hydrogen-bond acceptors (Lipinski definition) is 3. The molecule has 1 aromatic carbocycles. The van der Waals surface area contributed by atoms with E-state index >= 15 is 0 Å². The van der Waals surface area contributed by atoms with E-state index in [0.717, 1.165) is 5.84 Å². The van der Waals surface area contributed by atoms with E-state index in [1.165, 1.54) is 22.5 Å². The van der Waals surface area contributed by atoms with Crippen LogP contribution < -0.4 is 10.3 Å². The molecule has 0 fully saturated rings. The van der Waals surface area contributed by atoms with Gasteiger partial charge in [-0.25, -0.2) is 0 Å². The minimum atomic E-state index is 0.267. The molecule has 1 aromatic rings. The second-order valence-corrected chi connectivity index (χ2v) is 4.82. The maximum absolute atomic E-state index is 4.49. The quantitative estimate of drug-likeness (QED) is 0.753. The number of amidine groups is 1. The van der Waals surface area contributed by atoms with Gasteiger partial charge < -0.3 is 5.43 Å². The summed E-state index contributed by atoms with van der Waals surface area (Å²) in [5.74, 6) is 0.954. The first kappa shape index (κ1) is 11.1. The van der Waals surface area contributed by atoms with Crippen LogP contribution in [0.15, 0.2) is 46.7 Å². The molecule has 0 saturated heterocycles. The van der Waals surface area contributed by atoms with Gasteiger partial charge in [0.05, 0.1) is 11.7 Å². The Morgan fingerprint density at radius 1 is 1.17 bits per heavy atom. The van der Waals surface area contributed by atoms with Crippen molar-refractivity contribution in [3.63, 3.8) is 0 Å². The highest BCUT2D eigenvalue weighted by Crippen LogP contribution is 2.32. The number of hydrogen-bond donors (Lipinski definition) is 1. The second kappa shape index (κ2) is 4.02. The van der Waals surface area contributed by atoms with E-state index in [0.29, 0.717) is 0 Å². The van der Waals surface area contributed by atoms with Crippen molar-refractivity contribution >= 4 is 17.6 Å². The molecule has 1 unspecified atom stereocenters. The number of hydrazone groups is 1. The van der Waals surface area contributed by atoms with Gasteiger partial charge in [-0.2, -0.15) is 5.10 Å². The summed E-state index contributed by atoms with van der Waals surface area (Å²) in [5.41, 5.74) is 8.20. The van der Waals surface area contributed by atoms with Gasteiger partial charge in [-0.05, 0) is 50.1 Å². The number of nitrogens with one attached hydrogen (secondary N) is 1. The molecule has 3 rings (SSSR count). The third-order valence-electron chi connectivity index (χ3n) is 3.75. The van der Waals surface area contributed by atoms with Crippen LogP contribution in [0.3, 0.4) is 0 Å². The number of para-hydroxylation sites is 1. The van der Waals surface area contributed by atoms with Crippen LogP contribution in [0, 0.1) is 0 Å². The first-order chi connectivity index (χ1) is 8.68. The first-order valence-electron chi connectivity index (χ1n) is 6.26. The van der Waals surface area contributed by atoms with Gasteiger partial charge in [-0.15, -0.1) is 0 Å². The van der Waals surface area contributed by atoms with Crippen LogP contribution in [0.25, 0.3) is 6.08 Å². The molecule has 0 aliphatic carbocycles. The minimum absolute atomic E-state index is 0.267. The average Bonchev–Trinajstić information content (AvgIpc) is 2.51. The molecule has 1 N–H and O–H groups in total. The fourth-order valence-corrected chi connectivity index (χ4v) is 2.38. The Balaban J connectivity index is 2.22. The van der Waals surface area contributed by atoms with Crippen LogP contribution in [0.5, 0.6) is 0 Å². The van der Waals surface area contributed by atoms with Gasteiger partial charge >= 0.3 is 0 Å². The molecule has 0 amide bonds. The Bertz CT molecular complexity index is 581. The Morgan fingerprint density at radius 2 is 1.94 bits per heavy atom. The Labute approximate surface area is 108 Å². The normalized spacial score (nSPS) is 21.8. The lowest BCUT2D eigenvalue weighted by molar-refractivity contribution is 0.644. The molecule has 0 spiro atoms. The largest absolute Gasteiger partial charge is 0.301 e. The fourth-order valence-electron chi connectivity index (χ4n) is 2.38. The molecule has 3 heteroatoms. The first-order valence-corrected chi connectivity index (χ1v) is 6.26. The summed E-state index contributed by atoms with van der Waals surface area (Å²) in [7, 11) is 0. The highest BCUT2D eigenvalue weighted by atomic mass is 15.4. The van der Waals surface area contributed by atoms with Crippen molar-refractivity contribution in [3.05, 3.63) is 47.2 Å². The average molecular weight is 239 g/mol. The number of fused-ring (bicyclic) bond motifs is 3. The van der Waals surface area contributed by atoms with Gasteiger partial charge in [0, 0.05) is 5.70 Å². The Kier molecular flexibility index (Phi) is 2.47. The Morgan fingerprint density at radius 3 is 2.78 bits per heavy atom. The molecule has 2 aliphatic heterocycles. The van der Waals surface area contributed by atoms with Gasteiger partial charge in [-0.1, -0.05) is 18.2 Å². The van der Waals surface area contributed by atoms with Crippen LogP contribution in [0.2, 0.25) is 0 Å². The Hall–Kier alpha value is -2.03. The van der Waals surface area contributed by atoms with Crippen LogP contribution in [-0.2, 0) is 0 Å². The van der Waals surface area contributed by atoms with Crippen LogP contribution in [0.4, 0.5) is 5.69 Å². The van der Waals surface area contributed by atoms with Gasteiger partial charge in [-0.3, -0.25) is 4.90 Å². The van der Waals surface area contributed by atoms with Crippen LogP contribution >= 0.6 is 0 Å². The fraction of sp³-hybridized carbons (Fsp3) is 0.267. The summed E-state index contributed by atoms with van der Waals surface area (Å²) in [6.45, 7) is 6.45. The molecule has 2 aliphatic rings. The van der Waals surface area contributed by atoms with E-state index in [9.17, 15) is 0 Å². The zero-order chi connectivity index (χ0) is 12.7. The molecule has 0 aromatic heterocycles. The van der Waals surface area contributed by atoms with Gasteiger partial charge in [0.1, 0.15) is 0 Å². The standard InChI is InChI=1S/C15H17N3/c1-10-11(2)16-17-15-9-8-13-6-4-5-7-14(13)18(15)12(10)3/h4-9,11,16H,1-3H3. The second-order valence-electron chi connectivity index (χ2n) is 4.82. The minimum Gasteiger partial charge on any atom is -0.301 e. The van der Waals surface area contributed by atoms with Gasteiger partial charge in [0.15, 0.2) is 5.84 Å². The van der Waals surface area contributed by atoms with Crippen LogP contribution in [-0.4, -0.2) is 11.9 Å². The summed E-state index contributed by atoms with van der Waals surface area (Å²) in [5, 5.41) is 4.49. The van der Waals surface area contributed by atoms with Crippen molar-refractivity contribution in [2.24, 2.45) is 5.10 Å². The number of benzene rings is 1. The topological polar surface area (TPSA) is 27.6 Å². The summed E-state index contributed by atoms with van der Waals surface area (Å²) >= 11 is 0. The lowest BCUT2D eigenvalue weighted by Crippen LogP contribution is -2.30. The molecule has 18 heavy (non-hydrogen) atoms. The lowest BCUT2D eigenvalue weighted by atomic mass is 10.0. The molecular formula is C15H17N3. The molecule has 92 valence electrons. The zero-order valence-corrected chi connectivity index (χ0v) is 10.9. The summed E-state index contributed by atoms with van der Waals surface area (Å²) in [4.78, 5) is 2.22. The molecule has 3 nitrogen and oxygen atoms in total. The van der Waals surface area contributed by atoms with E-state index in [-0.39, 0.29) is 6.04 Å². The van der Waals surface area contributed by atoms with E-state index < -0.39 is 0 Å². The summed E-state index contributed by atoms with van der Waals surface area (Å²) in [6, 6.07) is 8.67. The van der Waals surface area contributed by atoms with E-state index in [2.05, 4.69) is 72.6 Å². The lowest BCUT2D eigenvalue weighted by Gasteiger charge is -2.29. The van der Waals surface area contributed by atoms with Crippen molar-refractivity contribution in [1.82, 2.24) is 5.43 Å². The van der Waals surface area contributed by atoms with Crippen molar-refractivity contribution < 1.29 is 0 Å². The molecule has 2 heterocycles. The molecule has 0 saturated carbocycles. The van der Waals surface area contributed by atoms with Crippen molar-refractivity contribution in [3.8, 4) is 0 Å². The molecule has 1 atom stereocenters. The van der Waals surface area contributed by atoms with E-state index in [4.69, 9.17) is 0 Å². The zero-order valence-electron chi connectivity index (χ0n) is 10.9.